The Morgan fingerprint density at radius 3 is 2.25 bits per heavy atom. The van der Waals surface area contributed by atoms with Gasteiger partial charge in [0.2, 0.25) is 0 Å². The summed E-state index contributed by atoms with van der Waals surface area (Å²) >= 11 is 6.95. The molecule has 3 aromatic rings. The zero-order chi connectivity index (χ0) is 26.4. The number of aromatic nitrogens is 1. The molecule has 1 aliphatic rings. The van der Waals surface area contributed by atoms with Crippen molar-refractivity contribution in [2.75, 3.05) is 12.0 Å². The number of thiazole rings is 1. The van der Waals surface area contributed by atoms with E-state index in [1.165, 1.54) is 12.0 Å². The number of carbonyl (C=O) groups is 3. The van der Waals surface area contributed by atoms with E-state index in [1.807, 2.05) is 24.3 Å². The number of nitrogens with zero attached hydrogens (tertiary/aromatic N) is 2. The van der Waals surface area contributed by atoms with Gasteiger partial charge in [-0.05, 0) is 47.7 Å². The van der Waals surface area contributed by atoms with E-state index in [9.17, 15) is 19.5 Å². The van der Waals surface area contributed by atoms with Crippen molar-refractivity contribution in [3.05, 3.63) is 86.4 Å². The minimum atomic E-state index is -0.953. The fourth-order valence-electron chi connectivity index (χ4n) is 4.04. The molecule has 2 aromatic carbocycles. The average Bonchev–Trinajstić information content (AvgIpc) is 3.35. The predicted octanol–water partition coefficient (Wildman–Crippen LogP) is 5.82. The Balaban J connectivity index is 1.93. The van der Waals surface area contributed by atoms with Crippen molar-refractivity contribution in [1.29, 1.82) is 0 Å². The summed E-state index contributed by atoms with van der Waals surface area (Å²) in [5, 5.41) is 11.8. The van der Waals surface area contributed by atoms with Crippen LogP contribution in [0, 0.1) is 6.92 Å². The van der Waals surface area contributed by atoms with Crippen molar-refractivity contribution < 1.29 is 24.2 Å². The molecule has 186 valence electrons. The predicted molar refractivity (Wildman–Crippen MR) is 140 cm³/mol. The molecule has 1 atom stereocenters. The van der Waals surface area contributed by atoms with Gasteiger partial charge in [0, 0.05) is 10.6 Å². The monoisotopic (exact) mass is 524 g/mol. The lowest BCUT2D eigenvalue weighted by molar-refractivity contribution is -0.132. The summed E-state index contributed by atoms with van der Waals surface area (Å²) in [6.07, 6.45) is 0. The Labute approximate surface area is 218 Å². The number of aliphatic hydroxyl groups is 1. The third-order valence-electron chi connectivity index (χ3n) is 6.02. The van der Waals surface area contributed by atoms with E-state index in [0.29, 0.717) is 21.8 Å². The van der Waals surface area contributed by atoms with Gasteiger partial charge in [-0.15, -0.1) is 0 Å². The summed E-state index contributed by atoms with van der Waals surface area (Å²) in [5.41, 5.74) is 2.23. The number of hydrogen-bond donors (Lipinski definition) is 1. The van der Waals surface area contributed by atoms with Gasteiger partial charge in [0.15, 0.2) is 5.13 Å². The molecule has 36 heavy (non-hydrogen) atoms. The fraction of sp³-hybridized carbons (Fsp3) is 0.259. The fourth-order valence-corrected chi connectivity index (χ4v) is 5.18. The summed E-state index contributed by atoms with van der Waals surface area (Å²) in [6, 6.07) is 12.9. The summed E-state index contributed by atoms with van der Waals surface area (Å²) in [4.78, 5) is 44.7. The van der Waals surface area contributed by atoms with Gasteiger partial charge in [0.25, 0.3) is 5.78 Å². The van der Waals surface area contributed by atoms with Crippen LogP contribution in [0.2, 0.25) is 5.02 Å². The van der Waals surface area contributed by atoms with Crippen LogP contribution in [0.15, 0.2) is 54.1 Å². The largest absolute Gasteiger partial charge is 0.507 e. The average molecular weight is 525 g/mol. The maximum atomic E-state index is 13.3. The minimum Gasteiger partial charge on any atom is -0.507 e. The summed E-state index contributed by atoms with van der Waals surface area (Å²) in [7, 11) is 1.26. The van der Waals surface area contributed by atoms with Crippen molar-refractivity contribution in [3.8, 4) is 0 Å². The molecule has 1 amide bonds. The Morgan fingerprint density at radius 1 is 1.08 bits per heavy atom. The standard InChI is InChI=1S/C27H25ClN2O5S/c1-14-23(25(34)35-5)36-26(29-14)30-20(15-6-10-17(11-7-15)27(2,3)4)19(22(32)24(30)33)21(31)16-8-12-18(28)13-9-16/h6-13,20,31H,1-5H3/t20-/m1/s1. The lowest BCUT2D eigenvalue weighted by atomic mass is 9.85. The molecule has 4 rings (SSSR count). The van der Waals surface area contributed by atoms with Gasteiger partial charge in [-0.1, -0.05) is 68.0 Å². The SMILES string of the molecule is COC(=O)c1sc(N2C(=O)C(=O)C(=C(O)c3ccc(Cl)cc3)[C@H]2c2ccc(C(C)(C)C)cc2)nc1C. The van der Waals surface area contributed by atoms with Crippen molar-refractivity contribution in [2.45, 2.75) is 39.2 Å². The number of anilines is 1. The molecule has 1 N–H and O–H groups in total. The maximum absolute atomic E-state index is 13.3. The third-order valence-corrected chi connectivity index (χ3v) is 7.41. The van der Waals surface area contributed by atoms with E-state index in [-0.39, 0.29) is 26.8 Å². The highest BCUT2D eigenvalue weighted by Crippen LogP contribution is 2.44. The number of hydrogen-bond acceptors (Lipinski definition) is 7. The first-order chi connectivity index (χ1) is 16.9. The smallest absolute Gasteiger partial charge is 0.350 e. The van der Waals surface area contributed by atoms with Crippen molar-refractivity contribution in [1.82, 2.24) is 4.98 Å². The molecule has 1 aromatic heterocycles. The Morgan fingerprint density at radius 2 is 1.69 bits per heavy atom. The molecule has 0 radical (unpaired) electrons. The summed E-state index contributed by atoms with van der Waals surface area (Å²) in [6.45, 7) is 7.88. The molecule has 0 aliphatic carbocycles. The van der Waals surface area contributed by atoms with Crippen LogP contribution in [0.25, 0.3) is 5.76 Å². The van der Waals surface area contributed by atoms with Crippen LogP contribution in [0.4, 0.5) is 5.13 Å². The second-order valence-electron chi connectivity index (χ2n) is 9.45. The number of amides is 1. The van der Waals surface area contributed by atoms with Crippen LogP contribution in [-0.2, 0) is 19.7 Å². The molecule has 0 unspecified atom stereocenters. The van der Waals surface area contributed by atoms with E-state index >= 15 is 0 Å². The normalized spacial score (nSPS) is 17.5. The van der Waals surface area contributed by atoms with Gasteiger partial charge in [-0.2, -0.15) is 0 Å². The zero-order valence-electron chi connectivity index (χ0n) is 20.5. The molecular weight excluding hydrogens is 500 g/mol. The number of ketones is 1. The number of aryl methyl sites for hydroxylation is 1. The van der Waals surface area contributed by atoms with Crippen LogP contribution in [-0.4, -0.2) is 34.9 Å². The number of ether oxygens (including phenoxy) is 1. The molecule has 7 nitrogen and oxygen atoms in total. The van der Waals surface area contributed by atoms with E-state index in [4.69, 9.17) is 16.3 Å². The molecule has 1 fully saturated rings. The van der Waals surface area contributed by atoms with Crippen molar-refractivity contribution in [2.24, 2.45) is 0 Å². The van der Waals surface area contributed by atoms with Crippen LogP contribution in [0.3, 0.4) is 0 Å². The number of carbonyl (C=O) groups excluding carboxylic acids is 3. The van der Waals surface area contributed by atoms with Gasteiger partial charge >= 0.3 is 11.9 Å². The van der Waals surface area contributed by atoms with Crippen LogP contribution >= 0.6 is 22.9 Å². The molecule has 2 heterocycles. The number of Topliss-reactive ketones (excluding diaryl/α,β-unsaturated/α-hetero) is 1. The van der Waals surface area contributed by atoms with Gasteiger partial charge in [0.1, 0.15) is 10.6 Å². The van der Waals surface area contributed by atoms with Crippen LogP contribution in [0.5, 0.6) is 0 Å². The zero-order valence-corrected chi connectivity index (χ0v) is 22.0. The highest BCUT2D eigenvalue weighted by Gasteiger charge is 2.48. The first-order valence-corrected chi connectivity index (χ1v) is 12.4. The highest BCUT2D eigenvalue weighted by molar-refractivity contribution is 7.17. The first-order valence-electron chi connectivity index (χ1n) is 11.2. The van der Waals surface area contributed by atoms with Gasteiger partial charge in [0.05, 0.1) is 24.4 Å². The van der Waals surface area contributed by atoms with E-state index < -0.39 is 23.7 Å². The van der Waals surface area contributed by atoms with Crippen LogP contribution in [0.1, 0.15) is 58.9 Å². The number of benzene rings is 2. The van der Waals surface area contributed by atoms with Gasteiger partial charge in [-0.3, -0.25) is 14.5 Å². The van der Waals surface area contributed by atoms with E-state index in [0.717, 1.165) is 16.9 Å². The first kappa shape index (κ1) is 25.6. The van der Waals surface area contributed by atoms with Crippen molar-refractivity contribution >= 4 is 51.5 Å². The van der Waals surface area contributed by atoms with Crippen molar-refractivity contribution in [3.63, 3.8) is 0 Å². The maximum Gasteiger partial charge on any atom is 0.350 e. The number of aliphatic hydroxyl groups excluding tert-OH is 1. The quantitative estimate of drug-likeness (QED) is 0.200. The Bertz CT molecular complexity index is 1390. The number of rotatable bonds is 4. The Kier molecular flexibility index (Phi) is 6.77. The second kappa shape index (κ2) is 9.52. The number of methoxy groups -OCH3 is 1. The van der Waals surface area contributed by atoms with Gasteiger partial charge < -0.3 is 9.84 Å². The van der Waals surface area contributed by atoms with E-state index in [2.05, 4.69) is 25.8 Å². The number of halogens is 1. The topological polar surface area (TPSA) is 96.8 Å². The lowest BCUT2D eigenvalue weighted by Gasteiger charge is -2.24. The lowest BCUT2D eigenvalue weighted by Crippen LogP contribution is -2.29. The Hall–Kier alpha value is -3.49. The minimum absolute atomic E-state index is 0.0710. The molecule has 1 aliphatic heterocycles. The molecule has 0 bridgehead atoms. The van der Waals surface area contributed by atoms with E-state index in [1.54, 1.807) is 31.2 Å². The highest BCUT2D eigenvalue weighted by atomic mass is 35.5. The van der Waals surface area contributed by atoms with Crippen LogP contribution < -0.4 is 4.90 Å². The molecule has 0 spiro atoms. The molecule has 9 heteroatoms. The molecule has 0 saturated carbocycles. The third kappa shape index (κ3) is 4.54. The van der Waals surface area contributed by atoms with Gasteiger partial charge in [-0.25, -0.2) is 9.78 Å². The summed E-state index contributed by atoms with van der Waals surface area (Å²) < 4.78 is 4.83. The number of esters is 1. The molecular formula is C27H25ClN2O5S. The molecule has 1 saturated heterocycles. The summed E-state index contributed by atoms with van der Waals surface area (Å²) in [5.74, 6) is -2.60. The second-order valence-corrected chi connectivity index (χ2v) is 10.9.